The molecule has 0 atom stereocenters. The standard InChI is InChI=1S/C35H49ClN7O4P/c1-47-31-24-27(41-17-15-26(16-18-41)42-19-21-43(22-20-42)33(45)12-6-4-5-9-23-44)13-14-29(31)39-35-37-25-28(36)34(40-35)38-30-10-7-8-11-32(30)48(2,3)46/h7-8,10-11,13-14,24-26,44H,4-6,9,12,15-23H2,1-3H3,(H2,37,38,39,40). The number of halogens is 1. The van der Waals surface area contributed by atoms with E-state index in [4.69, 9.17) is 21.4 Å². The number of hydrogen-bond donors (Lipinski definition) is 3. The number of aromatic nitrogens is 2. The Labute approximate surface area is 289 Å². The van der Waals surface area contributed by atoms with Crippen LogP contribution < -0.4 is 25.6 Å². The van der Waals surface area contributed by atoms with E-state index in [0.717, 1.165) is 94.5 Å². The van der Waals surface area contributed by atoms with Gasteiger partial charge in [-0.25, -0.2) is 4.98 Å². The fraction of sp³-hybridized carbons (Fsp3) is 0.514. The van der Waals surface area contributed by atoms with Crippen LogP contribution in [0.5, 0.6) is 5.75 Å². The summed E-state index contributed by atoms with van der Waals surface area (Å²) in [6.07, 6.45) is 8.02. The molecule has 3 N–H and O–H groups in total. The van der Waals surface area contributed by atoms with E-state index in [1.807, 2.05) is 41.3 Å². The van der Waals surface area contributed by atoms with Gasteiger partial charge in [0.2, 0.25) is 11.9 Å². The molecule has 5 rings (SSSR count). The number of aliphatic hydroxyl groups is 1. The van der Waals surface area contributed by atoms with Crippen molar-refractivity contribution >= 4 is 58.8 Å². The van der Waals surface area contributed by atoms with Gasteiger partial charge in [0.15, 0.2) is 5.82 Å². The van der Waals surface area contributed by atoms with Crippen LogP contribution in [0.1, 0.15) is 44.9 Å². The summed E-state index contributed by atoms with van der Waals surface area (Å²) in [6.45, 7) is 9.09. The van der Waals surface area contributed by atoms with Crippen molar-refractivity contribution in [2.45, 2.75) is 51.0 Å². The Balaban J connectivity index is 1.14. The van der Waals surface area contributed by atoms with E-state index in [-0.39, 0.29) is 12.5 Å². The Morgan fingerprint density at radius 3 is 2.42 bits per heavy atom. The van der Waals surface area contributed by atoms with E-state index in [0.29, 0.717) is 40.7 Å². The van der Waals surface area contributed by atoms with E-state index in [1.165, 1.54) is 6.20 Å². The summed E-state index contributed by atoms with van der Waals surface area (Å²) in [4.78, 5) is 28.6. The Hall–Kier alpha value is -3.37. The predicted molar refractivity (Wildman–Crippen MR) is 196 cm³/mol. The zero-order valence-corrected chi connectivity index (χ0v) is 30.0. The number of aliphatic hydroxyl groups excluding tert-OH is 1. The van der Waals surface area contributed by atoms with Crippen LogP contribution in [0.3, 0.4) is 0 Å². The number of nitrogens with one attached hydrogen (secondary N) is 2. The Kier molecular flexibility index (Phi) is 12.6. The van der Waals surface area contributed by atoms with E-state index in [9.17, 15) is 9.36 Å². The second kappa shape index (κ2) is 16.8. The molecule has 0 radical (unpaired) electrons. The zero-order valence-electron chi connectivity index (χ0n) is 28.3. The highest BCUT2D eigenvalue weighted by atomic mass is 35.5. The van der Waals surface area contributed by atoms with Crippen molar-refractivity contribution in [3.05, 3.63) is 53.7 Å². The number of nitrogens with zero attached hydrogens (tertiary/aromatic N) is 5. The third kappa shape index (κ3) is 9.41. The summed E-state index contributed by atoms with van der Waals surface area (Å²) in [5.74, 6) is 1.71. The molecule has 260 valence electrons. The first-order chi connectivity index (χ1) is 23.2. The zero-order chi connectivity index (χ0) is 34.1. The number of hydrogen-bond acceptors (Lipinski definition) is 10. The first-order valence-corrected chi connectivity index (χ1v) is 19.9. The van der Waals surface area contributed by atoms with E-state index in [1.54, 1.807) is 20.4 Å². The number of para-hydroxylation sites is 1. The predicted octanol–water partition coefficient (Wildman–Crippen LogP) is 5.93. The van der Waals surface area contributed by atoms with Gasteiger partial charge in [0, 0.05) is 75.4 Å². The normalized spacial score (nSPS) is 16.2. The van der Waals surface area contributed by atoms with Gasteiger partial charge in [-0.15, -0.1) is 0 Å². The van der Waals surface area contributed by atoms with Crippen molar-refractivity contribution in [3.8, 4) is 5.75 Å². The van der Waals surface area contributed by atoms with Crippen molar-refractivity contribution in [2.24, 2.45) is 0 Å². The first kappa shape index (κ1) is 35.9. The fourth-order valence-electron chi connectivity index (χ4n) is 6.52. The number of anilines is 5. The largest absolute Gasteiger partial charge is 0.494 e. The van der Waals surface area contributed by atoms with Crippen molar-refractivity contribution in [1.82, 2.24) is 19.8 Å². The maximum atomic E-state index is 12.8. The minimum absolute atomic E-state index is 0.232. The number of methoxy groups -OCH3 is 1. The average Bonchev–Trinajstić information content (AvgIpc) is 3.09. The molecule has 1 amide bonds. The van der Waals surface area contributed by atoms with Gasteiger partial charge in [-0.1, -0.05) is 36.6 Å². The highest BCUT2D eigenvalue weighted by Crippen LogP contribution is 2.39. The van der Waals surface area contributed by atoms with Crippen LogP contribution in [-0.4, -0.2) is 103 Å². The minimum Gasteiger partial charge on any atom is -0.494 e. The number of rotatable bonds is 14. The SMILES string of the molecule is COc1cc(N2CCC(N3CCN(C(=O)CCCCCCO)CC3)CC2)ccc1Nc1ncc(Cl)c(Nc2ccccc2P(C)(C)=O)n1. The van der Waals surface area contributed by atoms with Crippen molar-refractivity contribution in [3.63, 3.8) is 0 Å². The lowest BCUT2D eigenvalue weighted by Gasteiger charge is -2.43. The second-order valence-electron chi connectivity index (χ2n) is 12.9. The molecule has 0 unspecified atom stereocenters. The summed E-state index contributed by atoms with van der Waals surface area (Å²) in [5, 5.41) is 16.5. The van der Waals surface area contributed by atoms with Gasteiger partial charge in [0.05, 0.1) is 24.7 Å². The number of carbonyl (C=O) groups excluding carboxylic acids is 1. The molecule has 0 saturated carbocycles. The molecule has 0 spiro atoms. The van der Waals surface area contributed by atoms with Gasteiger partial charge in [0.25, 0.3) is 0 Å². The van der Waals surface area contributed by atoms with Crippen LogP contribution in [0.15, 0.2) is 48.7 Å². The molecular weight excluding hydrogens is 649 g/mol. The first-order valence-electron chi connectivity index (χ1n) is 16.9. The molecule has 2 saturated heterocycles. The molecule has 1 aromatic heterocycles. The summed E-state index contributed by atoms with van der Waals surface area (Å²) >= 11 is 6.45. The van der Waals surface area contributed by atoms with Crippen molar-refractivity contribution in [1.29, 1.82) is 0 Å². The lowest BCUT2D eigenvalue weighted by molar-refractivity contribution is -0.133. The van der Waals surface area contributed by atoms with Crippen molar-refractivity contribution in [2.75, 3.05) is 81.8 Å². The number of ether oxygens (including phenoxy) is 1. The molecule has 2 aliphatic heterocycles. The summed E-state index contributed by atoms with van der Waals surface area (Å²) in [5.41, 5.74) is 2.52. The number of amides is 1. The van der Waals surface area contributed by atoms with Crippen LogP contribution in [0.25, 0.3) is 0 Å². The highest BCUT2D eigenvalue weighted by molar-refractivity contribution is 7.70. The number of benzene rings is 2. The van der Waals surface area contributed by atoms with Gasteiger partial charge < -0.3 is 34.8 Å². The maximum absolute atomic E-state index is 12.8. The molecular formula is C35H49ClN7O4P. The Morgan fingerprint density at radius 2 is 1.71 bits per heavy atom. The van der Waals surface area contributed by atoms with Gasteiger partial charge in [-0.3, -0.25) is 9.69 Å². The quantitative estimate of drug-likeness (QED) is 0.138. The van der Waals surface area contributed by atoms with Crippen molar-refractivity contribution < 1.29 is 19.2 Å². The lowest BCUT2D eigenvalue weighted by Crippen LogP contribution is -2.54. The maximum Gasteiger partial charge on any atom is 0.229 e. The summed E-state index contributed by atoms with van der Waals surface area (Å²) in [6, 6.07) is 14.1. The van der Waals surface area contributed by atoms with Crippen LogP contribution in [0.2, 0.25) is 5.02 Å². The van der Waals surface area contributed by atoms with E-state index < -0.39 is 7.14 Å². The smallest absolute Gasteiger partial charge is 0.229 e. The van der Waals surface area contributed by atoms with Crippen LogP contribution in [-0.2, 0) is 9.36 Å². The molecule has 48 heavy (non-hydrogen) atoms. The monoisotopic (exact) mass is 697 g/mol. The average molecular weight is 698 g/mol. The summed E-state index contributed by atoms with van der Waals surface area (Å²) in [7, 11) is -0.879. The van der Waals surface area contributed by atoms with Crippen LogP contribution in [0.4, 0.5) is 28.8 Å². The number of unbranched alkanes of at least 4 members (excludes halogenated alkanes) is 3. The van der Waals surface area contributed by atoms with Crippen LogP contribution >= 0.6 is 18.7 Å². The van der Waals surface area contributed by atoms with Gasteiger partial charge in [-0.2, -0.15) is 4.98 Å². The molecule has 3 heterocycles. The molecule has 0 bridgehead atoms. The molecule has 2 aromatic carbocycles. The topological polar surface area (TPSA) is 123 Å². The minimum atomic E-state index is -2.53. The molecule has 11 nitrogen and oxygen atoms in total. The molecule has 2 aliphatic rings. The molecule has 3 aromatic rings. The summed E-state index contributed by atoms with van der Waals surface area (Å²) < 4.78 is 18.6. The van der Waals surface area contributed by atoms with Crippen LogP contribution in [0, 0.1) is 0 Å². The molecule has 0 aliphatic carbocycles. The third-order valence-corrected chi connectivity index (χ3v) is 11.1. The third-order valence-electron chi connectivity index (χ3n) is 9.22. The molecule has 2 fully saturated rings. The Bertz CT molecular complexity index is 1570. The highest BCUT2D eigenvalue weighted by Gasteiger charge is 2.29. The van der Waals surface area contributed by atoms with E-state index >= 15 is 0 Å². The number of piperazine rings is 1. The van der Waals surface area contributed by atoms with Gasteiger partial charge in [0.1, 0.15) is 17.9 Å². The van der Waals surface area contributed by atoms with E-state index in [2.05, 4.69) is 36.5 Å². The molecule has 13 heteroatoms. The van der Waals surface area contributed by atoms with Gasteiger partial charge >= 0.3 is 0 Å². The number of carbonyl (C=O) groups is 1. The lowest BCUT2D eigenvalue weighted by atomic mass is 10.0. The number of piperidine rings is 1. The fourth-order valence-corrected chi connectivity index (χ4v) is 7.81. The second-order valence-corrected chi connectivity index (χ2v) is 16.5. The Morgan fingerprint density at radius 1 is 0.979 bits per heavy atom. The van der Waals surface area contributed by atoms with Gasteiger partial charge in [-0.05, 0) is 63.3 Å².